The summed E-state index contributed by atoms with van der Waals surface area (Å²) < 4.78 is 0. The third-order valence-electron chi connectivity index (χ3n) is 3.62. The Hall–Kier alpha value is -2.11. The maximum atomic E-state index is 11.1. The Morgan fingerprint density at radius 3 is 2.32 bits per heavy atom. The van der Waals surface area contributed by atoms with Crippen LogP contribution in [0.3, 0.4) is 0 Å². The van der Waals surface area contributed by atoms with Crippen molar-refractivity contribution < 1.29 is 20.1 Å². The first kappa shape index (κ1) is 14.8. The van der Waals surface area contributed by atoms with Crippen LogP contribution in [-0.4, -0.2) is 21.3 Å². The minimum absolute atomic E-state index is 0.0819. The van der Waals surface area contributed by atoms with E-state index in [2.05, 4.69) is 0 Å². The Morgan fingerprint density at radius 2 is 1.68 bits per heavy atom. The van der Waals surface area contributed by atoms with Gasteiger partial charge in [-0.25, -0.2) is 4.79 Å². The van der Waals surface area contributed by atoms with E-state index in [-0.39, 0.29) is 22.1 Å². The van der Waals surface area contributed by atoms with Crippen molar-refractivity contribution in [1.82, 2.24) is 0 Å². The number of fused-ring (bicyclic) bond motifs is 1. The van der Waals surface area contributed by atoms with Gasteiger partial charge in [-0.2, -0.15) is 0 Å². The lowest BCUT2D eigenvalue weighted by atomic mass is 10.1. The molecule has 0 amide bonds. The van der Waals surface area contributed by atoms with Crippen LogP contribution in [0, 0.1) is 0 Å². The van der Waals surface area contributed by atoms with Crippen molar-refractivity contribution in [3.8, 4) is 11.5 Å². The standard InChI is InChI=1S/C15H11Cl2NO4/c16-9-3-11(17)14(20)12(4-9)18-5-7-1-10(15(21)22)13(19)2-8(7)6-18/h1-4,19-20H,5-6H2,(H,21,22). The summed E-state index contributed by atoms with van der Waals surface area (Å²) in [7, 11) is 0. The third-order valence-corrected chi connectivity index (χ3v) is 4.13. The Balaban J connectivity index is 2.00. The van der Waals surface area contributed by atoms with Crippen molar-refractivity contribution in [2.24, 2.45) is 0 Å². The molecule has 1 aliphatic rings. The number of halogens is 2. The topological polar surface area (TPSA) is 81.0 Å². The molecule has 2 aromatic rings. The van der Waals surface area contributed by atoms with Gasteiger partial charge in [0.05, 0.1) is 10.7 Å². The minimum Gasteiger partial charge on any atom is -0.507 e. The molecule has 114 valence electrons. The lowest BCUT2D eigenvalue weighted by Gasteiger charge is -2.20. The second kappa shape index (κ2) is 5.26. The van der Waals surface area contributed by atoms with E-state index >= 15 is 0 Å². The van der Waals surface area contributed by atoms with Crippen molar-refractivity contribution in [1.29, 1.82) is 0 Å². The van der Waals surface area contributed by atoms with Crippen LogP contribution in [0.2, 0.25) is 10.0 Å². The van der Waals surface area contributed by atoms with Gasteiger partial charge in [-0.15, -0.1) is 0 Å². The lowest BCUT2D eigenvalue weighted by molar-refractivity contribution is 0.0693. The molecule has 1 aliphatic heterocycles. The molecule has 5 nitrogen and oxygen atoms in total. The summed E-state index contributed by atoms with van der Waals surface area (Å²) in [5, 5.41) is 29.4. The van der Waals surface area contributed by atoms with Crippen molar-refractivity contribution in [2.45, 2.75) is 13.1 Å². The SMILES string of the molecule is O=C(O)c1cc2c(cc1O)CN(c1cc(Cl)cc(Cl)c1O)C2. The normalized spacial score (nSPS) is 13.3. The Morgan fingerprint density at radius 1 is 1.05 bits per heavy atom. The molecule has 0 aliphatic carbocycles. The quantitative estimate of drug-likeness (QED) is 0.778. The highest BCUT2D eigenvalue weighted by molar-refractivity contribution is 6.36. The third kappa shape index (κ3) is 2.42. The predicted octanol–water partition coefficient (Wildman–Crippen LogP) is 3.62. The zero-order valence-corrected chi connectivity index (χ0v) is 12.7. The number of hydrogen-bond acceptors (Lipinski definition) is 4. The molecule has 0 saturated carbocycles. The molecular formula is C15H11Cl2NO4. The molecule has 1 heterocycles. The van der Waals surface area contributed by atoms with E-state index in [1.165, 1.54) is 18.2 Å². The monoisotopic (exact) mass is 339 g/mol. The Labute approximate surface area is 135 Å². The largest absolute Gasteiger partial charge is 0.507 e. The maximum absolute atomic E-state index is 11.1. The molecule has 0 saturated heterocycles. The van der Waals surface area contributed by atoms with Crippen LogP contribution in [-0.2, 0) is 13.1 Å². The van der Waals surface area contributed by atoms with E-state index in [1.807, 2.05) is 4.90 Å². The van der Waals surface area contributed by atoms with Crippen molar-refractivity contribution in [3.63, 3.8) is 0 Å². The summed E-state index contributed by atoms with van der Waals surface area (Å²) in [6.45, 7) is 0.799. The Bertz CT molecular complexity index is 792. The fraction of sp³-hybridized carbons (Fsp3) is 0.133. The summed E-state index contributed by atoms with van der Waals surface area (Å²) in [5.41, 5.74) is 1.88. The zero-order chi connectivity index (χ0) is 16.0. The molecule has 0 atom stereocenters. The van der Waals surface area contributed by atoms with Crippen LogP contribution in [0.15, 0.2) is 24.3 Å². The van der Waals surface area contributed by atoms with Gasteiger partial charge in [0, 0.05) is 18.1 Å². The molecule has 0 unspecified atom stereocenters. The average molecular weight is 340 g/mol. The first-order valence-electron chi connectivity index (χ1n) is 6.38. The number of aromatic carboxylic acids is 1. The Kier molecular flexibility index (Phi) is 3.54. The van der Waals surface area contributed by atoms with E-state index in [0.717, 1.165) is 11.1 Å². The van der Waals surface area contributed by atoms with Crippen molar-refractivity contribution in [2.75, 3.05) is 4.90 Å². The molecule has 0 aromatic heterocycles. The second-order valence-electron chi connectivity index (χ2n) is 5.05. The van der Waals surface area contributed by atoms with Gasteiger partial charge in [-0.05, 0) is 35.4 Å². The van der Waals surface area contributed by atoms with Crippen molar-refractivity contribution in [3.05, 3.63) is 51.0 Å². The van der Waals surface area contributed by atoms with E-state index < -0.39 is 5.97 Å². The molecule has 22 heavy (non-hydrogen) atoms. The average Bonchev–Trinajstić information content (AvgIpc) is 2.84. The van der Waals surface area contributed by atoms with Gasteiger partial charge in [0.25, 0.3) is 0 Å². The summed E-state index contributed by atoms with van der Waals surface area (Å²) in [5.74, 6) is -1.55. The van der Waals surface area contributed by atoms with E-state index in [1.54, 1.807) is 6.07 Å². The highest BCUT2D eigenvalue weighted by Crippen LogP contribution is 2.41. The van der Waals surface area contributed by atoms with Gasteiger partial charge in [0.15, 0.2) is 5.75 Å². The smallest absolute Gasteiger partial charge is 0.339 e. The molecule has 7 heteroatoms. The number of carboxylic acid groups (broad SMARTS) is 1. The molecule has 3 rings (SSSR count). The van der Waals surface area contributed by atoms with Crippen LogP contribution >= 0.6 is 23.2 Å². The molecule has 3 N–H and O–H groups in total. The van der Waals surface area contributed by atoms with Gasteiger partial charge in [-0.1, -0.05) is 23.2 Å². The van der Waals surface area contributed by atoms with Crippen LogP contribution in [0.1, 0.15) is 21.5 Å². The van der Waals surface area contributed by atoms with E-state index in [0.29, 0.717) is 23.8 Å². The van der Waals surface area contributed by atoms with Crippen LogP contribution in [0.5, 0.6) is 11.5 Å². The summed E-state index contributed by atoms with van der Waals surface area (Å²) in [4.78, 5) is 12.9. The molecule has 0 fully saturated rings. The molecule has 0 spiro atoms. The number of nitrogens with zero attached hydrogens (tertiary/aromatic N) is 1. The molecule has 2 aromatic carbocycles. The zero-order valence-electron chi connectivity index (χ0n) is 11.2. The van der Waals surface area contributed by atoms with Gasteiger partial charge in [-0.3, -0.25) is 0 Å². The molecule has 0 bridgehead atoms. The van der Waals surface area contributed by atoms with Crippen LogP contribution < -0.4 is 4.90 Å². The van der Waals surface area contributed by atoms with Gasteiger partial charge in [0.1, 0.15) is 11.3 Å². The number of hydrogen-bond donors (Lipinski definition) is 3. The highest BCUT2D eigenvalue weighted by Gasteiger charge is 2.25. The predicted molar refractivity (Wildman–Crippen MR) is 83.1 cm³/mol. The number of anilines is 1. The fourth-order valence-corrected chi connectivity index (χ4v) is 3.06. The highest BCUT2D eigenvalue weighted by atomic mass is 35.5. The number of carbonyl (C=O) groups is 1. The van der Waals surface area contributed by atoms with Crippen molar-refractivity contribution >= 4 is 34.9 Å². The maximum Gasteiger partial charge on any atom is 0.339 e. The number of aromatic hydroxyl groups is 2. The summed E-state index contributed by atoms with van der Waals surface area (Å²) >= 11 is 11.9. The van der Waals surface area contributed by atoms with Gasteiger partial charge in [0.2, 0.25) is 0 Å². The number of carboxylic acids is 1. The number of benzene rings is 2. The lowest BCUT2D eigenvalue weighted by Crippen LogP contribution is -2.14. The molecule has 0 radical (unpaired) electrons. The van der Waals surface area contributed by atoms with E-state index in [9.17, 15) is 15.0 Å². The fourth-order valence-electron chi connectivity index (χ4n) is 2.57. The van der Waals surface area contributed by atoms with Crippen LogP contribution in [0.4, 0.5) is 5.69 Å². The molecular weight excluding hydrogens is 329 g/mol. The minimum atomic E-state index is -1.19. The van der Waals surface area contributed by atoms with E-state index in [4.69, 9.17) is 28.3 Å². The van der Waals surface area contributed by atoms with Gasteiger partial charge < -0.3 is 20.2 Å². The number of rotatable bonds is 2. The van der Waals surface area contributed by atoms with Gasteiger partial charge >= 0.3 is 5.97 Å². The number of phenolic OH excluding ortho intramolecular Hbond substituents is 1. The summed E-state index contributed by atoms with van der Waals surface area (Å²) in [6, 6.07) is 5.91. The van der Waals surface area contributed by atoms with Crippen LogP contribution in [0.25, 0.3) is 0 Å². The summed E-state index contributed by atoms with van der Waals surface area (Å²) in [6.07, 6.45) is 0. The first-order valence-corrected chi connectivity index (χ1v) is 7.13. The first-order chi connectivity index (χ1) is 10.4. The number of phenols is 2. The second-order valence-corrected chi connectivity index (χ2v) is 5.90.